The first kappa shape index (κ1) is 10.6. The molecule has 0 heterocycles. The summed E-state index contributed by atoms with van der Waals surface area (Å²) in [5.41, 5.74) is 0.521. The van der Waals surface area contributed by atoms with Crippen molar-refractivity contribution in [2.45, 2.75) is 19.9 Å². The van der Waals surface area contributed by atoms with Gasteiger partial charge < -0.3 is 5.11 Å². The Morgan fingerprint density at radius 2 is 1.81 bits per heavy atom. The zero-order valence-electron chi connectivity index (χ0n) is 9.38. The zero-order valence-corrected chi connectivity index (χ0v) is 9.38. The Bertz CT molecular complexity index is 532. The highest BCUT2D eigenvalue weighted by Gasteiger charge is 2.04. The fourth-order valence-corrected chi connectivity index (χ4v) is 1.50. The first-order valence-corrected chi connectivity index (χ1v) is 5.30. The molecule has 0 atom stereocenters. The van der Waals surface area contributed by atoms with Crippen LogP contribution in [0.4, 0.5) is 5.69 Å². The van der Waals surface area contributed by atoms with Crippen molar-refractivity contribution in [1.82, 2.24) is 0 Å². The molecule has 0 radical (unpaired) electrons. The van der Waals surface area contributed by atoms with Gasteiger partial charge in [0.15, 0.2) is 5.75 Å². The zero-order chi connectivity index (χ0) is 11.5. The number of hydrogen-bond acceptors (Lipinski definition) is 3. The molecule has 0 saturated heterocycles. The standard InChI is InChI=1S/C13H14N2O/c1-9(2)14-15-12-8-7-10-5-3-4-6-11(10)13(12)16/h3-9,16H,1-2H3. The number of fused-ring (bicyclic) bond motifs is 1. The molecule has 3 heteroatoms. The highest BCUT2D eigenvalue weighted by Crippen LogP contribution is 2.34. The minimum absolute atomic E-state index is 0.130. The van der Waals surface area contributed by atoms with Crippen molar-refractivity contribution in [3.8, 4) is 5.75 Å². The molecule has 16 heavy (non-hydrogen) atoms. The number of aromatic hydroxyl groups is 1. The van der Waals surface area contributed by atoms with Crippen LogP contribution in [0.3, 0.4) is 0 Å². The van der Waals surface area contributed by atoms with Gasteiger partial charge in [-0.05, 0) is 25.3 Å². The number of nitrogens with zero attached hydrogens (tertiary/aromatic N) is 2. The van der Waals surface area contributed by atoms with E-state index in [1.165, 1.54) is 0 Å². The fourth-order valence-electron chi connectivity index (χ4n) is 1.50. The summed E-state index contributed by atoms with van der Waals surface area (Å²) in [5, 5.41) is 19.9. The van der Waals surface area contributed by atoms with E-state index in [1.54, 1.807) is 6.07 Å². The summed E-state index contributed by atoms with van der Waals surface area (Å²) in [6, 6.07) is 11.5. The average Bonchev–Trinajstić information content (AvgIpc) is 2.28. The van der Waals surface area contributed by atoms with Crippen molar-refractivity contribution in [2.24, 2.45) is 10.2 Å². The summed E-state index contributed by atoms with van der Waals surface area (Å²) in [6.07, 6.45) is 0. The molecule has 2 aromatic carbocycles. The third-order valence-corrected chi connectivity index (χ3v) is 2.28. The van der Waals surface area contributed by atoms with Crippen LogP contribution in [0.2, 0.25) is 0 Å². The largest absolute Gasteiger partial charge is 0.505 e. The molecule has 82 valence electrons. The van der Waals surface area contributed by atoms with E-state index in [1.807, 2.05) is 44.2 Å². The number of rotatable bonds is 2. The summed E-state index contributed by atoms with van der Waals surface area (Å²) in [7, 11) is 0. The number of azo groups is 1. The van der Waals surface area contributed by atoms with Gasteiger partial charge in [-0.2, -0.15) is 10.2 Å². The summed E-state index contributed by atoms with van der Waals surface area (Å²) >= 11 is 0. The third kappa shape index (κ3) is 2.03. The van der Waals surface area contributed by atoms with Gasteiger partial charge in [-0.3, -0.25) is 0 Å². The molecule has 2 aromatic rings. The molecule has 2 rings (SSSR count). The van der Waals surface area contributed by atoms with E-state index in [0.717, 1.165) is 10.8 Å². The van der Waals surface area contributed by atoms with Gasteiger partial charge in [-0.25, -0.2) is 0 Å². The van der Waals surface area contributed by atoms with Crippen molar-refractivity contribution in [3.05, 3.63) is 36.4 Å². The Labute approximate surface area is 94.4 Å². The van der Waals surface area contributed by atoms with Gasteiger partial charge in [-0.1, -0.05) is 30.3 Å². The average molecular weight is 214 g/mol. The van der Waals surface area contributed by atoms with Crippen molar-refractivity contribution in [2.75, 3.05) is 0 Å². The lowest BCUT2D eigenvalue weighted by Gasteiger charge is -2.03. The quantitative estimate of drug-likeness (QED) is 0.753. The summed E-state index contributed by atoms with van der Waals surface area (Å²) in [6.45, 7) is 3.89. The predicted octanol–water partition coefficient (Wildman–Crippen LogP) is 4.04. The maximum Gasteiger partial charge on any atom is 0.150 e. The second-order valence-corrected chi connectivity index (χ2v) is 3.96. The highest BCUT2D eigenvalue weighted by molar-refractivity contribution is 5.92. The minimum Gasteiger partial charge on any atom is -0.505 e. The molecule has 0 aliphatic heterocycles. The molecule has 1 N–H and O–H groups in total. The lowest BCUT2D eigenvalue weighted by Crippen LogP contribution is -1.84. The van der Waals surface area contributed by atoms with Crippen molar-refractivity contribution < 1.29 is 5.11 Å². The van der Waals surface area contributed by atoms with E-state index in [4.69, 9.17) is 0 Å². The van der Waals surface area contributed by atoms with Gasteiger partial charge in [0.25, 0.3) is 0 Å². The smallest absolute Gasteiger partial charge is 0.150 e. The van der Waals surface area contributed by atoms with Crippen LogP contribution in [0.25, 0.3) is 10.8 Å². The molecule has 0 bridgehead atoms. The van der Waals surface area contributed by atoms with Gasteiger partial charge in [0.05, 0.1) is 6.04 Å². The molecule has 0 saturated carbocycles. The lowest BCUT2D eigenvalue weighted by atomic mass is 10.1. The Morgan fingerprint density at radius 1 is 1.06 bits per heavy atom. The first-order chi connectivity index (χ1) is 7.68. The van der Waals surface area contributed by atoms with Crippen LogP contribution in [0.15, 0.2) is 46.6 Å². The molecule has 0 aliphatic carbocycles. The van der Waals surface area contributed by atoms with Crippen molar-refractivity contribution in [3.63, 3.8) is 0 Å². The lowest BCUT2D eigenvalue weighted by molar-refractivity contribution is 0.482. The topological polar surface area (TPSA) is 45.0 Å². The van der Waals surface area contributed by atoms with E-state index < -0.39 is 0 Å². The number of phenols is 1. The van der Waals surface area contributed by atoms with Crippen molar-refractivity contribution in [1.29, 1.82) is 0 Å². The van der Waals surface area contributed by atoms with Crippen LogP contribution in [-0.4, -0.2) is 11.1 Å². The van der Waals surface area contributed by atoms with Crippen LogP contribution in [0.1, 0.15) is 13.8 Å². The van der Waals surface area contributed by atoms with Crippen LogP contribution < -0.4 is 0 Å². The molecular formula is C13H14N2O. The summed E-state index contributed by atoms with van der Waals surface area (Å²) in [4.78, 5) is 0. The Kier molecular flexibility index (Phi) is 2.86. The fraction of sp³-hybridized carbons (Fsp3) is 0.231. The Morgan fingerprint density at radius 3 is 2.56 bits per heavy atom. The monoisotopic (exact) mass is 214 g/mol. The van der Waals surface area contributed by atoms with E-state index in [-0.39, 0.29) is 11.8 Å². The van der Waals surface area contributed by atoms with Gasteiger partial charge >= 0.3 is 0 Å². The molecule has 0 amide bonds. The van der Waals surface area contributed by atoms with E-state index in [0.29, 0.717) is 5.69 Å². The van der Waals surface area contributed by atoms with E-state index in [9.17, 15) is 5.11 Å². The second-order valence-electron chi connectivity index (χ2n) is 3.96. The minimum atomic E-state index is 0.130. The normalized spacial score (nSPS) is 11.7. The molecule has 0 fully saturated rings. The molecular weight excluding hydrogens is 200 g/mol. The maximum atomic E-state index is 10.0. The predicted molar refractivity (Wildman–Crippen MR) is 65.3 cm³/mol. The van der Waals surface area contributed by atoms with E-state index >= 15 is 0 Å². The van der Waals surface area contributed by atoms with Crippen LogP contribution in [0, 0.1) is 0 Å². The van der Waals surface area contributed by atoms with Crippen LogP contribution in [0.5, 0.6) is 5.75 Å². The molecule has 0 spiro atoms. The molecule has 3 nitrogen and oxygen atoms in total. The van der Waals surface area contributed by atoms with Gasteiger partial charge in [0, 0.05) is 5.39 Å². The third-order valence-electron chi connectivity index (χ3n) is 2.28. The SMILES string of the molecule is CC(C)N=Nc1ccc2ccccc2c1O. The Balaban J connectivity index is 2.52. The maximum absolute atomic E-state index is 10.0. The number of phenolic OH excluding ortho intramolecular Hbond substituents is 1. The van der Waals surface area contributed by atoms with Gasteiger partial charge in [0.1, 0.15) is 5.69 Å². The first-order valence-electron chi connectivity index (χ1n) is 5.30. The molecule has 0 aliphatic rings. The molecule has 0 aromatic heterocycles. The van der Waals surface area contributed by atoms with Crippen molar-refractivity contribution >= 4 is 16.5 Å². The number of benzene rings is 2. The van der Waals surface area contributed by atoms with Crippen LogP contribution >= 0.6 is 0 Å². The number of hydrogen-bond donors (Lipinski definition) is 1. The van der Waals surface area contributed by atoms with Gasteiger partial charge in [-0.15, -0.1) is 0 Å². The highest BCUT2D eigenvalue weighted by atomic mass is 16.3. The summed E-state index contributed by atoms with van der Waals surface area (Å²) < 4.78 is 0. The van der Waals surface area contributed by atoms with Crippen LogP contribution in [-0.2, 0) is 0 Å². The van der Waals surface area contributed by atoms with Gasteiger partial charge in [0.2, 0.25) is 0 Å². The Hall–Kier alpha value is -1.90. The van der Waals surface area contributed by atoms with E-state index in [2.05, 4.69) is 10.2 Å². The second kappa shape index (κ2) is 4.31. The summed E-state index contributed by atoms with van der Waals surface area (Å²) in [5.74, 6) is 0.197. The molecule has 0 unspecified atom stereocenters.